The zero-order chi connectivity index (χ0) is 34.5. The zero-order valence-corrected chi connectivity index (χ0v) is 26.2. The number of thioether (sulfide) groups is 1. The number of phenolic OH excluding ortho intramolecular Hbond substituents is 1. The van der Waals surface area contributed by atoms with Crippen LogP contribution in [0, 0.1) is 16.0 Å². The van der Waals surface area contributed by atoms with Gasteiger partial charge in [-0.1, -0.05) is 35.2 Å². The molecule has 0 saturated carbocycles. The number of thiazole rings is 1. The van der Waals surface area contributed by atoms with Gasteiger partial charge in [0.05, 0.1) is 33.7 Å². The largest absolute Gasteiger partial charge is 0.504 e. The molecule has 1 saturated heterocycles. The molecular weight excluding hydrogens is 677 g/mol. The molecule has 0 spiro atoms. The highest BCUT2D eigenvalue weighted by molar-refractivity contribution is 8.00. The fourth-order valence-corrected chi connectivity index (χ4v) is 8.48. The Morgan fingerprint density at radius 2 is 1.79 bits per heavy atom. The molecule has 2 aliphatic rings. The Hall–Kier alpha value is -5.16. The molecule has 1 aromatic heterocycles. The predicted molar refractivity (Wildman–Crippen MR) is 168 cm³/mol. The third kappa shape index (κ3) is 5.90. The molecule has 0 bridgehead atoms. The number of hydrogen-bond acceptors (Lipinski definition) is 10. The summed E-state index contributed by atoms with van der Waals surface area (Å²) in [5, 5.41) is 23.0. The number of alkyl halides is 3. The Bertz CT molecular complexity index is 2030. The Kier molecular flexibility index (Phi) is 8.51. The van der Waals surface area contributed by atoms with Crippen molar-refractivity contribution in [3.8, 4) is 11.5 Å². The number of nitrogens with one attached hydrogen (secondary N) is 1. The molecule has 3 aromatic carbocycles. The first-order chi connectivity index (χ1) is 22.8. The third-order valence-corrected chi connectivity index (χ3v) is 10.4. The number of fused-ring (bicyclic) bond motifs is 2. The number of nitrogens with zero attached hydrogens (tertiary/aromatic N) is 3. The van der Waals surface area contributed by atoms with E-state index in [4.69, 9.17) is 4.74 Å². The van der Waals surface area contributed by atoms with E-state index in [1.807, 2.05) is 0 Å². The summed E-state index contributed by atoms with van der Waals surface area (Å²) >= 11 is 1.66. The van der Waals surface area contributed by atoms with Gasteiger partial charge in [-0.15, -0.1) is 0 Å². The van der Waals surface area contributed by atoms with Crippen molar-refractivity contribution in [1.82, 2.24) is 4.57 Å². The summed E-state index contributed by atoms with van der Waals surface area (Å²) in [7, 11) is 0. The molecule has 0 unspecified atom stereocenters. The molecule has 0 aliphatic carbocycles. The number of amides is 3. The van der Waals surface area contributed by atoms with Crippen LogP contribution < -0.4 is 19.8 Å². The van der Waals surface area contributed by atoms with Gasteiger partial charge < -0.3 is 15.2 Å². The maximum absolute atomic E-state index is 14.1. The van der Waals surface area contributed by atoms with Crippen molar-refractivity contribution < 1.29 is 42.3 Å². The van der Waals surface area contributed by atoms with E-state index in [-0.39, 0.29) is 40.2 Å². The Balaban J connectivity index is 1.40. The minimum atomic E-state index is -4.64. The van der Waals surface area contributed by atoms with Gasteiger partial charge in [-0.2, -0.15) is 13.2 Å². The van der Waals surface area contributed by atoms with Crippen LogP contribution in [0.3, 0.4) is 0 Å². The van der Waals surface area contributed by atoms with E-state index in [9.17, 15) is 47.6 Å². The van der Waals surface area contributed by atoms with E-state index < -0.39 is 62.9 Å². The number of nitro groups is 1. The number of ether oxygens (including phenoxy) is 1. The SMILES string of the molecule is CCOc1cc([C@@H]2c3sc(=O)n(CC(=O)Nc4cccc(C(F)(F)F)c4)c3S[C@@H]3C(=O)N(c4ccc([N+](=O)[O-])cc4)C(=O)[C@H]23)ccc1O. The second-order valence-electron chi connectivity index (χ2n) is 10.7. The number of non-ortho nitro benzene ring substituents is 1. The number of carbonyl (C=O) groups is 3. The van der Waals surface area contributed by atoms with Crippen LogP contribution in [0.15, 0.2) is 76.6 Å². The molecular formula is C31H23F3N4O8S2. The van der Waals surface area contributed by atoms with Gasteiger partial charge in [0.1, 0.15) is 11.8 Å². The third-order valence-electron chi connectivity index (χ3n) is 7.79. The van der Waals surface area contributed by atoms with Gasteiger partial charge in [0, 0.05) is 28.6 Å². The molecule has 248 valence electrons. The van der Waals surface area contributed by atoms with Crippen molar-refractivity contribution in [1.29, 1.82) is 0 Å². The molecule has 1 fully saturated rings. The summed E-state index contributed by atoms with van der Waals surface area (Å²) in [6, 6.07) is 13.3. The molecule has 0 radical (unpaired) electrons. The van der Waals surface area contributed by atoms with Crippen molar-refractivity contribution in [2.45, 2.75) is 35.8 Å². The maximum atomic E-state index is 14.1. The number of aromatic nitrogens is 1. The number of anilines is 2. The first kappa shape index (κ1) is 32.8. The summed E-state index contributed by atoms with van der Waals surface area (Å²) in [6.45, 7) is 1.30. The van der Waals surface area contributed by atoms with Gasteiger partial charge >= 0.3 is 11.0 Å². The lowest BCUT2D eigenvalue weighted by Crippen LogP contribution is -2.33. The van der Waals surface area contributed by atoms with E-state index >= 15 is 0 Å². The lowest BCUT2D eigenvalue weighted by atomic mass is 9.83. The molecule has 12 nitrogen and oxygen atoms in total. The van der Waals surface area contributed by atoms with E-state index in [1.54, 1.807) is 6.92 Å². The number of rotatable bonds is 8. The lowest BCUT2D eigenvalue weighted by Gasteiger charge is -2.31. The van der Waals surface area contributed by atoms with Crippen LogP contribution in [0.25, 0.3) is 0 Å². The number of halogens is 3. The summed E-state index contributed by atoms with van der Waals surface area (Å²) in [5.74, 6) is -4.14. The molecule has 17 heteroatoms. The number of hydrogen-bond donors (Lipinski definition) is 2. The number of nitro benzene ring substituents is 1. The van der Waals surface area contributed by atoms with Gasteiger partial charge in [-0.25, -0.2) is 4.90 Å². The minimum Gasteiger partial charge on any atom is -0.504 e. The topological polar surface area (TPSA) is 161 Å². The van der Waals surface area contributed by atoms with Crippen molar-refractivity contribution in [2.75, 3.05) is 16.8 Å². The van der Waals surface area contributed by atoms with Crippen molar-refractivity contribution >= 4 is 57.9 Å². The summed E-state index contributed by atoms with van der Waals surface area (Å²) < 4.78 is 46.3. The number of aromatic hydroxyl groups is 1. The number of imide groups is 1. The monoisotopic (exact) mass is 700 g/mol. The van der Waals surface area contributed by atoms with Crippen LogP contribution >= 0.6 is 23.1 Å². The van der Waals surface area contributed by atoms with Crippen molar-refractivity contribution in [3.05, 3.63) is 103 Å². The minimum absolute atomic E-state index is 0.0996. The fraction of sp³-hybridized carbons (Fsp3) is 0.226. The van der Waals surface area contributed by atoms with Crippen LogP contribution in [0.4, 0.5) is 30.2 Å². The summed E-state index contributed by atoms with van der Waals surface area (Å²) in [4.78, 5) is 65.7. The normalized spacial score (nSPS) is 18.8. The smallest absolute Gasteiger partial charge is 0.416 e. The van der Waals surface area contributed by atoms with Crippen LogP contribution in [-0.4, -0.2) is 44.2 Å². The summed E-state index contributed by atoms with van der Waals surface area (Å²) in [6.07, 6.45) is -4.64. The average Bonchev–Trinajstić information content (AvgIpc) is 3.48. The fourth-order valence-electron chi connectivity index (χ4n) is 5.71. The molecule has 3 atom stereocenters. The first-order valence-corrected chi connectivity index (χ1v) is 15.9. The van der Waals surface area contributed by atoms with E-state index in [2.05, 4.69) is 5.32 Å². The van der Waals surface area contributed by atoms with Gasteiger partial charge in [0.2, 0.25) is 17.7 Å². The van der Waals surface area contributed by atoms with Gasteiger partial charge in [-0.3, -0.25) is 33.9 Å². The number of phenols is 1. The van der Waals surface area contributed by atoms with Crippen LogP contribution in [0.5, 0.6) is 11.5 Å². The Morgan fingerprint density at radius 3 is 2.46 bits per heavy atom. The van der Waals surface area contributed by atoms with Gasteiger partial charge in [0.15, 0.2) is 11.5 Å². The second-order valence-corrected chi connectivity index (χ2v) is 12.9. The number of benzene rings is 3. The van der Waals surface area contributed by atoms with Crippen molar-refractivity contribution in [2.24, 2.45) is 5.92 Å². The first-order valence-electron chi connectivity index (χ1n) is 14.2. The molecule has 6 rings (SSSR count). The molecule has 4 aromatic rings. The van der Waals surface area contributed by atoms with Crippen LogP contribution in [-0.2, 0) is 27.1 Å². The maximum Gasteiger partial charge on any atom is 0.416 e. The molecule has 2 aliphatic heterocycles. The standard InChI is InChI=1S/C31H23F3N4O8S2/c1-2-46-21-12-15(6-11-20(21)39)23-24-25(28(42)37(27(24)41)18-7-9-19(10-8-18)38(44)45)47-29-26(23)48-30(43)36(29)14-22(40)35-17-5-3-4-16(13-17)31(32,33)34/h3-13,23-25,39H,2,14H2,1H3,(H,35,40)/t23-,24+,25-/m0/s1. The van der Waals surface area contributed by atoms with E-state index in [1.165, 1.54) is 36.4 Å². The molecule has 3 amide bonds. The van der Waals surface area contributed by atoms with Gasteiger partial charge in [-0.05, 0) is 55.0 Å². The average molecular weight is 701 g/mol. The molecule has 2 N–H and O–H groups in total. The second kappa shape index (κ2) is 12.5. The van der Waals surface area contributed by atoms with Crippen LogP contribution in [0.1, 0.15) is 28.8 Å². The molecule has 48 heavy (non-hydrogen) atoms. The quantitative estimate of drug-likeness (QED) is 0.140. The summed E-state index contributed by atoms with van der Waals surface area (Å²) in [5.41, 5.74) is -0.824. The highest BCUT2D eigenvalue weighted by Crippen LogP contribution is 2.54. The Morgan fingerprint density at radius 1 is 1.06 bits per heavy atom. The predicted octanol–water partition coefficient (Wildman–Crippen LogP) is 5.38. The van der Waals surface area contributed by atoms with E-state index in [0.717, 1.165) is 62.9 Å². The number of carbonyl (C=O) groups excluding carboxylic acids is 3. The zero-order valence-electron chi connectivity index (χ0n) is 24.6. The van der Waals surface area contributed by atoms with Crippen LogP contribution in [0.2, 0.25) is 0 Å². The van der Waals surface area contributed by atoms with Gasteiger partial charge in [0.25, 0.3) is 5.69 Å². The Labute approximate surface area is 276 Å². The molecule has 3 heterocycles. The van der Waals surface area contributed by atoms with Crippen molar-refractivity contribution in [3.63, 3.8) is 0 Å². The highest BCUT2D eigenvalue weighted by Gasteiger charge is 2.57. The lowest BCUT2D eigenvalue weighted by molar-refractivity contribution is -0.384. The van der Waals surface area contributed by atoms with E-state index in [0.29, 0.717) is 10.4 Å². The highest BCUT2D eigenvalue weighted by atomic mass is 32.2.